The van der Waals surface area contributed by atoms with Gasteiger partial charge in [-0.2, -0.15) is 0 Å². The highest BCUT2D eigenvalue weighted by atomic mass is 32.1. The van der Waals surface area contributed by atoms with Crippen LogP contribution in [0, 0.1) is 5.92 Å². The van der Waals surface area contributed by atoms with Gasteiger partial charge in [-0.1, -0.05) is 36.4 Å². The van der Waals surface area contributed by atoms with Crippen molar-refractivity contribution in [2.45, 2.75) is 50.5 Å². The third-order valence-electron chi connectivity index (χ3n) is 5.36. The molecule has 1 saturated heterocycles. The Morgan fingerprint density at radius 3 is 2.62 bits per heavy atom. The Bertz CT molecular complexity index is 889. The van der Waals surface area contributed by atoms with Crippen LogP contribution in [-0.4, -0.2) is 46.7 Å². The molecule has 2 heterocycles. The van der Waals surface area contributed by atoms with E-state index in [0.717, 1.165) is 10.4 Å². The lowest BCUT2D eigenvalue weighted by Gasteiger charge is -2.26. The van der Waals surface area contributed by atoms with Crippen molar-refractivity contribution in [3.05, 3.63) is 58.3 Å². The molecule has 2 amide bonds. The number of thiophene rings is 1. The number of hydrogen-bond acceptors (Lipinski definition) is 7. The van der Waals surface area contributed by atoms with Crippen LogP contribution in [0.15, 0.2) is 47.8 Å². The van der Waals surface area contributed by atoms with Crippen molar-refractivity contribution in [2.75, 3.05) is 6.54 Å². The fraction of sp³-hybridized carbons (Fsp3) is 0.435. The average molecular weight is 461 g/mol. The Kier molecular flexibility index (Phi) is 8.78. The van der Waals surface area contributed by atoms with Gasteiger partial charge in [-0.3, -0.25) is 14.4 Å². The van der Waals surface area contributed by atoms with E-state index < -0.39 is 36.1 Å². The van der Waals surface area contributed by atoms with Gasteiger partial charge < -0.3 is 25.6 Å². The van der Waals surface area contributed by atoms with Gasteiger partial charge in [0.25, 0.3) is 0 Å². The average Bonchev–Trinajstić information content (AvgIpc) is 3.31. The highest BCUT2D eigenvalue weighted by molar-refractivity contribution is 7.09. The largest absolute Gasteiger partial charge is 0.456 e. The molecule has 0 bridgehead atoms. The van der Waals surface area contributed by atoms with Crippen LogP contribution in [0.5, 0.6) is 0 Å². The summed E-state index contributed by atoms with van der Waals surface area (Å²) in [5, 5.41) is 28.0. The Morgan fingerprint density at radius 2 is 1.91 bits per heavy atom. The SMILES string of the molecule is O=C(C[C@@H]1C[C@H](O)[C@@H](O)CCC(=O)OC(c2ccccc2)CNC1=O)NCc1cccs1. The summed E-state index contributed by atoms with van der Waals surface area (Å²) < 4.78 is 5.51. The molecule has 0 spiro atoms. The Hall–Kier alpha value is -2.75. The second-order valence-corrected chi connectivity index (χ2v) is 8.83. The van der Waals surface area contributed by atoms with E-state index in [4.69, 9.17) is 4.74 Å². The topological polar surface area (TPSA) is 125 Å². The molecule has 8 nitrogen and oxygen atoms in total. The molecule has 1 unspecified atom stereocenters. The van der Waals surface area contributed by atoms with Crippen molar-refractivity contribution in [1.29, 1.82) is 0 Å². The van der Waals surface area contributed by atoms with Crippen LogP contribution in [0.4, 0.5) is 0 Å². The first-order valence-corrected chi connectivity index (χ1v) is 11.5. The number of rotatable bonds is 5. The minimum Gasteiger partial charge on any atom is -0.456 e. The van der Waals surface area contributed by atoms with Crippen molar-refractivity contribution in [3.8, 4) is 0 Å². The van der Waals surface area contributed by atoms with Gasteiger partial charge >= 0.3 is 5.97 Å². The summed E-state index contributed by atoms with van der Waals surface area (Å²) in [6.45, 7) is 0.405. The predicted molar refractivity (Wildman–Crippen MR) is 118 cm³/mol. The molecule has 9 heteroatoms. The third kappa shape index (κ3) is 7.15. The van der Waals surface area contributed by atoms with Crippen LogP contribution in [0.3, 0.4) is 0 Å². The number of aliphatic hydroxyl groups excluding tert-OH is 2. The van der Waals surface area contributed by atoms with Gasteiger partial charge in [0.05, 0.1) is 25.3 Å². The zero-order chi connectivity index (χ0) is 22.9. The predicted octanol–water partition coefficient (Wildman–Crippen LogP) is 1.68. The minimum absolute atomic E-state index is 0.000420. The highest BCUT2D eigenvalue weighted by Gasteiger charge is 2.30. The molecule has 1 aromatic carbocycles. The van der Waals surface area contributed by atoms with E-state index >= 15 is 0 Å². The van der Waals surface area contributed by atoms with Gasteiger partial charge in [0.2, 0.25) is 11.8 Å². The number of nitrogens with one attached hydrogen (secondary N) is 2. The van der Waals surface area contributed by atoms with Crippen LogP contribution >= 0.6 is 11.3 Å². The van der Waals surface area contributed by atoms with Gasteiger partial charge in [0.15, 0.2) is 0 Å². The molecule has 0 saturated carbocycles. The summed E-state index contributed by atoms with van der Waals surface area (Å²) in [6.07, 6.45) is -3.43. The number of hydrogen-bond donors (Lipinski definition) is 4. The number of aliphatic hydroxyl groups is 2. The summed E-state index contributed by atoms with van der Waals surface area (Å²) in [5.74, 6) is -2.13. The molecule has 0 aliphatic carbocycles. The molecule has 4 N–H and O–H groups in total. The molecule has 1 aromatic heterocycles. The molecule has 32 heavy (non-hydrogen) atoms. The molecule has 3 rings (SSSR count). The monoisotopic (exact) mass is 460 g/mol. The van der Waals surface area contributed by atoms with E-state index in [0.29, 0.717) is 6.54 Å². The van der Waals surface area contributed by atoms with Crippen molar-refractivity contribution < 1.29 is 29.3 Å². The first-order chi connectivity index (χ1) is 15.4. The van der Waals surface area contributed by atoms with E-state index in [2.05, 4.69) is 10.6 Å². The van der Waals surface area contributed by atoms with Crippen molar-refractivity contribution in [3.63, 3.8) is 0 Å². The van der Waals surface area contributed by atoms with E-state index in [-0.39, 0.29) is 38.1 Å². The number of amides is 2. The molecular formula is C23H28N2O6S. The zero-order valence-corrected chi connectivity index (χ0v) is 18.4. The molecule has 172 valence electrons. The van der Waals surface area contributed by atoms with Crippen molar-refractivity contribution >= 4 is 29.1 Å². The summed E-state index contributed by atoms with van der Waals surface area (Å²) in [5.41, 5.74) is 0.726. The smallest absolute Gasteiger partial charge is 0.306 e. The van der Waals surface area contributed by atoms with Gasteiger partial charge in [-0.05, 0) is 29.9 Å². The number of esters is 1. The summed E-state index contributed by atoms with van der Waals surface area (Å²) >= 11 is 1.52. The standard InChI is InChI=1S/C23H28N2O6S/c26-18-8-9-22(29)31-20(15-5-2-1-3-6-15)14-25-23(30)16(11-19(18)27)12-21(28)24-13-17-7-4-10-32-17/h1-7,10,16,18-20,26-27H,8-9,11-14H2,(H,24,28)(H,25,30)/t16-,18-,19-,20?/m0/s1. The van der Waals surface area contributed by atoms with Crippen LogP contribution in [0.2, 0.25) is 0 Å². The quantitative estimate of drug-likeness (QED) is 0.503. The first kappa shape index (κ1) is 23.9. The Balaban J connectivity index is 1.69. The van der Waals surface area contributed by atoms with Crippen molar-refractivity contribution in [1.82, 2.24) is 10.6 Å². The molecular weight excluding hydrogens is 432 g/mol. The number of carbonyl (C=O) groups excluding carboxylic acids is 3. The fourth-order valence-electron chi connectivity index (χ4n) is 3.54. The second-order valence-electron chi connectivity index (χ2n) is 7.80. The number of carbonyl (C=O) groups is 3. The molecule has 2 aromatic rings. The lowest BCUT2D eigenvalue weighted by molar-refractivity contribution is -0.151. The molecule has 1 aliphatic heterocycles. The van der Waals surface area contributed by atoms with E-state index in [1.165, 1.54) is 11.3 Å². The van der Waals surface area contributed by atoms with E-state index in [9.17, 15) is 24.6 Å². The highest BCUT2D eigenvalue weighted by Crippen LogP contribution is 2.22. The second kappa shape index (κ2) is 11.8. The maximum absolute atomic E-state index is 12.9. The number of benzene rings is 1. The summed E-state index contributed by atoms with van der Waals surface area (Å²) in [4.78, 5) is 38.5. The van der Waals surface area contributed by atoms with Gasteiger partial charge in [-0.25, -0.2) is 0 Å². The van der Waals surface area contributed by atoms with Crippen LogP contribution in [0.1, 0.15) is 42.2 Å². The number of ether oxygens (including phenoxy) is 1. The van der Waals surface area contributed by atoms with Gasteiger partial charge in [0, 0.05) is 23.6 Å². The van der Waals surface area contributed by atoms with Crippen LogP contribution < -0.4 is 10.6 Å². The van der Waals surface area contributed by atoms with Gasteiger partial charge in [-0.15, -0.1) is 11.3 Å². The van der Waals surface area contributed by atoms with Crippen LogP contribution in [-0.2, 0) is 25.7 Å². The maximum atomic E-state index is 12.9. The molecule has 1 aliphatic rings. The normalized spacial score (nSPS) is 25.1. The minimum atomic E-state index is -1.24. The van der Waals surface area contributed by atoms with Crippen LogP contribution in [0.25, 0.3) is 0 Å². The molecule has 1 fully saturated rings. The summed E-state index contributed by atoms with van der Waals surface area (Å²) in [7, 11) is 0. The zero-order valence-electron chi connectivity index (χ0n) is 17.6. The maximum Gasteiger partial charge on any atom is 0.306 e. The number of cyclic esters (lactones) is 1. The van der Waals surface area contributed by atoms with E-state index in [1.807, 2.05) is 35.7 Å². The summed E-state index contributed by atoms with van der Waals surface area (Å²) in [6, 6.07) is 12.8. The molecule has 4 atom stereocenters. The lowest BCUT2D eigenvalue weighted by Crippen LogP contribution is -2.41. The van der Waals surface area contributed by atoms with Gasteiger partial charge in [0.1, 0.15) is 6.10 Å². The fourth-order valence-corrected chi connectivity index (χ4v) is 4.18. The lowest BCUT2D eigenvalue weighted by atomic mass is 9.92. The molecule has 0 radical (unpaired) electrons. The Labute approximate surface area is 190 Å². The van der Waals surface area contributed by atoms with Crippen molar-refractivity contribution in [2.24, 2.45) is 5.92 Å². The Morgan fingerprint density at radius 1 is 1.12 bits per heavy atom. The van der Waals surface area contributed by atoms with E-state index in [1.54, 1.807) is 12.1 Å². The third-order valence-corrected chi connectivity index (χ3v) is 6.24. The first-order valence-electron chi connectivity index (χ1n) is 10.6.